The summed E-state index contributed by atoms with van der Waals surface area (Å²) in [7, 11) is 0. The first kappa shape index (κ1) is 121. The van der Waals surface area contributed by atoms with E-state index in [0.29, 0.717) is 0 Å². The Labute approximate surface area is 56.5 Å². The molecule has 0 aromatic carbocycles. The van der Waals surface area contributed by atoms with E-state index in [4.69, 9.17) is 0 Å². The van der Waals surface area contributed by atoms with Gasteiger partial charge in [0.15, 0.2) is 0 Å². The van der Waals surface area contributed by atoms with Crippen LogP contribution in [0.2, 0.25) is 0 Å². The van der Waals surface area contributed by atoms with Crippen molar-refractivity contribution in [2.45, 2.75) is 0 Å². The van der Waals surface area contributed by atoms with Crippen molar-refractivity contribution >= 4 is 0 Å². The summed E-state index contributed by atoms with van der Waals surface area (Å²) in [4.78, 5) is 0. The molecule has 31 valence electrons. The van der Waals surface area contributed by atoms with Gasteiger partial charge < -0.3 is 16.4 Å². The molecular weight excluding hydrogens is 300 g/mol. The largest absolute Gasteiger partial charge is 2.00 e. The van der Waals surface area contributed by atoms with Gasteiger partial charge >= 0.3 is 19.5 Å². The summed E-state index contributed by atoms with van der Waals surface area (Å²) in [6.07, 6.45) is 0. The van der Waals surface area contributed by atoms with Crippen LogP contribution in [0.25, 0.3) is 0 Å². The van der Waals surface area contributed by atoms with Gasteiger partial charge in [-0.3, -0.25) is 0 Å². The fourth-order valence-electron chi connectivity index (χ4n) is 0. The molecule has 1 radical (unpaired) electrons. The third-order valence-electron chi connectivity index (χ3n) is 0. The zero-order valence-corrected chi connectivity index (χ0v) is 7.99. The van der Waals surface area contributed by atoms with Gasteiger partial charge in [-0.25, -0.2) is 0 Å². The molecule has 0 saturated heterocycles. The van der Waals surface area contributed by atoms with E-state index in [1.165, 1.54) is 0 Å². The second-order valence-corrected chi connectivity index (χ2v) is 0. The second kappa shape index (κ2) is 66.0. The van der Waals surface area contributed by atoms with E-state index in [1.54, 1.807) is 0 Å². The predicted octanol–water partition coefficient (Wildman–Crippen LogP) is -0.361. The molecule has 0 aliphatic carbocycles. The van der Waals surface area contributed by atoms with Crippen molar-refractivity contribution in [3.63, 3.8) is 0 Å². The van der Waals surface area contributed by atoms with Crippen LogP contribution >= 0.6 is 0 Å². The third-order valence-corrected chi connectivity index (χ3v) is 0. The first-order valence-electron chi connectivity index (χ1n) is 0. The molecule has 5 heteroatoms. The van der Waals surface area contributed by atoms with Gasteiger partial charge in [0.2, 0.25) is 0 Å². The molecule has 0 amide bonds. The van der Waals surface area contributed by atoms with Crippen LogP contribution in [0.3, 0.4) is 0 Å². The van der Waals surface area contributed by atoms with E-state index in [0.717, 1.165) is 0 Å². The predicted molar refractivity (Wildman–Crippen MR) is 2.06 cm³/mol. The monoisotopic (exact) mass is 299 g/mol. The van der Waals surface area contributed by atoms with Crippen molar-refractivity contribution in [3.05, 3.63) is 0 Å². The SMILES string of the molecule is [O-2].[O-2].[O-2].[Re].[Zn+2]. The van der Waals surface area contributed by atoms with Crippen molar-refractivity contribution in [2.24, 2.45) is 0 Å². The summed E-state index contributed by atoms with van der Waals surface area (Å²) >= 11 is 0. The number of hydrogen-bond donors (Lipinski definition) is 0. The molecule has 5 heavy (non-hydrogen) atoms. The van der Waals surface area contributed by atoms with Crippen molar-refractivity contribution < 1.29 is 56.3 Å². The fraction of sp³-hybridized carbons (Fsp3) is 0. The summed E-state index contributed by atoms with van der Waals surface area (Å²) in [5.41, 5.74) is 0. The molecule has 0 fully saturated rings. The molecule has 0 atom stereocenters. The van der Waals surface area contributed by atoms with Gasteiger partial charge in [0.25, 0.3) is 0 Å². The summed E-state index contributed by atoms with van der Waals surface area (Å²) in [6.45, 7) is 0. The van der Waals surface area contributed by atoms with Crippen LogP contribution in [0.1, 0.15) is 0 Å². The van der Waals surface area contributed by atoms with Crippen LogP contribution in [0.5, 0.6) is 0 Å². The molecule has 0 bridgehead atoms. The average Bonchev–Trinajstić information content (AvgIpc) is 0. The first-order chi connectivity index (χ1) is 0. The second-order valence-electron chi connectivity index (χ2n) is 0. The zero-order valence-electron chi connectivity index (χ0n) is 2.31. The Morgan fingerprint density at radius 2 is 0.600 bits per heavy atom. The van der Waals surface area contributed by atoms with E-state index in [9.17, 15) is 0 Å². The zero-order chi connectivity index (χ0) is 0. The minimum Gasteiger partial charge on any atom is -2.00 e. The van der Waals surface area contributed by atoms with Crippen LogP contribution in [-0.2, 0) is 56.3 Å². The van der Waals surface area contributed by atoms with Crippen LogP contribution in [-0.4, -0.2) is 0 Å². The summed E-state index contributed by atoms with van der Waals surface area (Å²) < 4.78 is 0. The van der Waals surface area contributed by atoms with Crippen molar-refractivity contribution in [3.8, 4) is 0 Å². The molecule has 0 aromatic heterocycles. The van der Waals surface area contributed by atoms with Crippen LogP contribution in [0.4, 0.5) is 0 Å². The topological polar surface area (TPSA) is 85.5 Å². The summed E-state index contributed by atoms with van der Waals surface area (Å²) in [5, 5.41) is 0. The quantitative estimate of drug-likeness (QED) is 0.547. The first-order valence-corrected chi connectivity index (χ1v) is 0. The third kappa shape index (κ3) is 38.1. The Kier molecular flexibility index (Phi) is 1600. The van der Waals surface area contributed by atoms with Gasteiger partial charge in [0.1, 0.15) is 0 Å². The summed E-state index contributed by atoms with van der Waals surface area (Å²) in [6, 6.07) is 0. The van der Waals surface area contributed by atoms with Crippen LogP contribution in [0.15, 0.2) is 0 Å². The van der Waals surface area contributed by atoms with Gasteiger partial charge in [0.05, 0.1) is 0 Å². The molecule has 0 unspecified atom stereocenters. The number of rotatable bonds is 0. The molecule has 0 spiro atoms. The van der Waals surface area contributed by atoms with Crippen molar-refractivity contribution in [1.82, 2.24) is 0 Å². The van der Waals surface area contributed by atoms with Crippen molar-refractivity contribution in [1.29, 1.82) is 0 Å². The van der Waals surface area contributed by atoms with Gasteiger partial charge in [0, 0.05) is 20.4 Å². The van der Waals surface area contributed by atoms with Gasteiger partial charge in [-0.05, 0) is 0 Å². The van der Waals surface area contributed by atoms with Crippen LogP contribution < -0.4 is 0 Å². The van der Waals surface area contributed by atoms with Gasteiger partial charge in [-0.2, -0.15) is 0 Å². The molecule has 0 heterocycles. The Hall–Kier alpha value is 1.17. The van der Waals surface area contributed by atoms with E-state index in [2.05, 4.69) is 0 Å². The molecule has 0 aromatic rings. The van der Waals surface area contributed by atoms with E-state index in [1.807, 2.05) is 0 Å². The molecule has 0 aliphatic rings. The Morgan fingerprint density at radius 3 is 0.600 bits per heavy atom. The Balaban J connectivity index is 0. The van der Waals surface area contributed by atoms with Crippen molar-refractivity contribution in [2.75, 3.05) is 0 Å². The maximum Gasteiger partial charge on any atom is 2.00 e. The molecule has 0 aliphatic heterocycles. The van der Waals surface area contributed by atoms with Crippen LogP contribution in [0, 0.1) is 0 Å². The Bertz CT molecular complexity index is 6.85. The van der Waals surface area contributed by atoms with E-state index in [-0.39, 0.29) is 56.3 Å². The standard InChI is InChI=1S/3O.Re.Zn/q3*-2;;+2. The van der Waals surface area contributed by atoms with Gasteiger partial charge in [-0.1, -0.05) is 0 Å². The van der Waals surface area contributed by atoms with E-state index < -0.39 is 0 Å². The van der Waals surface area contributed by atoms with E-state index >= 15 is 0 Å². The smallest absolute Gasteiger partial charge is 2.00 e. The fourth-order valence-corrected chi connectivity index (χ4v) is 0. The average molecular weight is 300 g/mol. The maximum absolute atomic E-state index is 0. The molecule has 3 nitrogen and oxygen atoms in total. The molecule has 0 rings (SSSR count). The maximum atomic E-state index is 0. The van der Waals surface area contributed by atoms with Gasteiger partial charge in [-0.15, -0.1) is 0 Å². The molecule has 0 saturated carbocycles. The Morgan fingerprint density at radius 1 is 0.600 bits per heavy atom. The molecular formula is O3ReZn-4. The molecule has 0 N–H and O–H groups in total. The summed E-state index contributed by atoms with van der Waals surface area (Å²) in [5.74, 6) is 0. The minimum atomic E-state index is 0. The number of hydrogen-bond acceptors (Lipinski definition) is 0. The minimum absolute atomic E-state index is 0. The normalized spacial score (nSPS) is 0.